The zero-order chi connectivity index (χ0) is 22.0. The first-order chi connectivity index (χ1) is 15.0. The van der Waals surface area contributed by atoms with Crippen molar-refractivity contribution in [3.05, 3.63) is 52.3 Å². The summed E-state index contributed by atoms with van der Waals surface area (Å²) >= 11 is 0. The van der Waals surface area contributed by atoms with E-state index in [-0.39, 0.29) is 36.4 Å². The molecular formula is C25H29F3O3. The molecule has 2 aromatic carbocycles. The van der Waals surface area contributed by atoms with Crippen molar-refractivity contribution >= 4 is 0 Å². The van der Waals surface area contributed by atoms with Gasteiger partial charge in [0.15, 0.2) is 23.1 Å². The van der Waals surface area contributed by atoms with Crippen LogP contribution in [0.5, 0.6) is 17.2 Å². The van der Waals surface area contributed by atoms with E-state index in [0.717, 1.165) is 25.7 Å². The Morgan fingerprint density at radius 2 is 1.77 bits per heavy atom. The van der Waals surface area contributed by atoms with Gasteiger partial charge in [-0.2, -0.15) is 8.78 Å². The summed E-state index contributed by atoms with van der Waals surface area (Å²) in [5, 5.41) is 0. The molecule has 2 aliphatic rings. The Balaban J connectivity index is 1.47. The Hall–Kier alpha value is -2.21. The first-order valence-electron chi connectivity index (χ1n) is 11.2. The van der Waals surface area contributed by atoms with Crippen LogP contribution in [0.4, 0.5) is 13.2 Å². The molecule has 0 saturated carbocycles. The third kappa shape index (κ3) is 4.54. The molecule has 0 spiro atoms. The van der Waals surface area contributed by atoms with E-state index >= 15 is 4.39 Å². The fourth-order valence-corrected chi connectivity index (χ4v) is 4.47. The van der Waals surface area contributed by atoms with Gasteiger partial charge in [-0.25, -0.2) is 4.39 Å². The second-order valence-corrected chi connectivity index (χ2v) is 8.55. The first-order valence-corrected chi connectivity index (χ1v) is 11.2. The number of halogens is 3. The monoisotopic (exact) mass is 434 g/mol. The van der Waals surface area contributed by atoms with Crippen LogP contribution in [0.2, 0.25) is 0 Å². The molecule has 2 aliphatic heterocycles. The van der Waals surface area contributed by atoms with Gasteiger partial charge in [0.05, 0.1) is 6.10 Å². The van der Waals surface area contributed by atoms with Crippen LogP contribution in [0, 0.1) is 23.4 Å². The molecule has 0 bridgehead atoms. The van der Waals surface area contributed by atoms with Gasteiger partial charge in [-0.1, -0.05) is 32.8 Å². The van der Waals surface area contributed by atoms with Crippen molar-refractivity contribution in [2.24, 2.45) is 5.92 Å². The van der Waals surface area contributed by atoms with Crippen LogP contribution >= 0.6 is 0 Å². The first kappa shape index (κ1) is 22.0. The summed E-state index contributed by atoms with van der Waals surface area (Å²) in [6, 6.07) is 4.91. The highest BCUT2D eigenvalue weighted by atomic mass is 19.2. The van der Waals surface area contributed by atoms with Crippen molar-refractivity contribution in [2.75, 3.05) is 13.2 Å². The minimum Gasteiger partial charge on any atom is -0.488 e. The third-order valence-electron chi connectivity index (χ3n) is 6.15. The number of hydrogen-bond donors (Lipinski definition) is 0. The highest BCUT2D eigenvalue weighted by molar-refractivity contribution is 5.54. The average molecular weight is 434 g/mol. The number of ether oxygens (including phenoxy) is 3. The van der Waals surface area contributed by atoms with Crippen LogP contribution in [0.15, 0.2) is 18.2 Å². The molecule has 4 rings (SSSR count). The highest BCUT2D eigenvalue weighted by Crippen LogP contribution is 2.43. The second-order valence-electron chi connectivity index (χ2n) is 8.55. The largest absolute Gasteiger partial charge is 0.488 e. The molecule has 168 valence electrons. The summed E-state index contributed by atoms with van der Waals surface area (Å²) in [5.41, 5.74) is 1.43. The van der Waals surface area contributed by atoms with E-state index in [2.05, 4.69) is 6.92 Å². The molecule has 31 heavy (non-hydrogen) atoms. The lowest BCUT2D eigenvalue weighted by Crippen LogP contribution is -2.30. The fraction of sp³-hybridized carbons (Fsp3) is 0.520. The van der Waals surface area contributed by atoms with Gasteiger partial charge in [0.25, 0.3) is 0 Å². The van der Waals surface area contributed by atoms with Crippen LogP contribution < -0.4 is 9.47 Å². The molecule has 0 aliphatic carbocycles. The Morgan fingerprint density at radius 3 is 2.48 bits per heavy atom. The number of fused-ring (bicyclic) bond motifs is 2. The summed E-state index contributed by atoms with van der Waals surface area (Å²) in [6.45, 7) is 5.02. The third-order valence-corrected chi connectivity index (χ3v) is 6.15. The summed E-state index contributed by atoms with van der Waals surface area (Å²) < 4.78 is 61.1. The van der Waals surface area contributed by atoms with Gasteiger partial charge >= 0.3 is 0 Å². The molecule has 1 fully saturated rings. The molecule has 2 unspecified atom stereocenters. The van der Waals surface area contributed by atoms with Crippen molar-refractivity contribution in [3.8, 4) is 17.2 Å². The maximum atomic E-state index is 15.1. The average Bonchev–Trinajstić information content (AvgIpc) is 2.77. The van der Waals surface area contributed by atoms with Crippen molar-refractivity contribution in [3.63, 3.8) is 0 Å². The molecule has 1 saturated heterocycles. The van der Waals surface area contributed by atoms with Gasteiger partial charge in [0, 0.05) is 24.2 Å². The summed E-state index contributed by atoms with van der Waals surface area (Å²) in [7, 11) is 0. The lowest BCUT2D eigenvalue weighted by atomic mass is 9.94. The van der Waals surface area contributed by atoms with Gasteiger partial charge < -0.3 is 14.2 Å². The van der Waals surface area contributed by atoms with E-state index in [1.54, 1.807) is 18.2 Å². The van der Waals surface area contributed by atoms with E-state index in [9.17, 15) is 8.78 Å². The van der Waals surface area contributed by atoms with Crippen LogP contribution in [0.1, 0.15) is 62.6 Å². The normalized spacial score (nSPS) is 20.0. The molecule has 0 radical (unpaired) electrons. The lowest BCUT2D eigenvalue weighted by Gasteiger charge is -2.29. The number of rotatable bonds is 7. The van der Waals surface area contributed by atoms with Gasteiger partial charge in [-0.05, 0) is 49.3 Å². The Morgan fingerprint density at radius 1 is 0.968 bits per heavy atom. The fourth-order valence-electron chi connectivity index (χ4n) is 4.47. The van der Waals surface area contributed by atoms with Crippen LogP contribution in [-0.2, 0) is 17.6 Å². The molecular weight excluding hydrogens is 405 g/mol. The van der Waals surface area contributed by atoms with Crippen LogP contribution in [0.25, 0.3) is 0 Å². The number of aryl methyl sites for hydroxylation is 1. The van der Waals surface area contributed by atoms with Gasteiger partial charge in [-0.3, -0.25) is 0 Å². The summed E-state index contributed by atoms with van der Waals surface area (Å²) in [4.78, 5) is 0. The SMILES string of the molecule is CCCc1cc2c(c(F)c1F)Oc1c(ccc(OCC3CCC(CCC)CO3)c1F)C2. The maximum absolute atomic E-state index is 15.1. The minimum absolute atomic E-state index is 0.0324. The highest BCUT2D eigenvalue weighted by Gasteiger charge is 2.29. The molecule has 0 N–H and O–H groups in total. The van der Waals surface area contributed by atoms with Gasteiger partial charge in [0.2, 0.25) is 11.6 Å². The molecule has 0 amide bonds. The van der Waals surface area contributed by atoms with Crippen molar-refractivity contribution in [1.82, 2.24) is 0 Å². The van der Waals surface area contributed by atoms with Crippen molar-refractivity contribution in [2.45, 2.75) is 64.9 Å². The van der Waals surface area contributed by atoms with E-state index in [1.165, 1.54) is 0 Å². The Labute approximate surface area is 181 Å². The van der Waals surface area contributed by atoms with E-state index in [4.69, 9.17) is 14.2 Å². The summed E-state index contributed by atoms with van der Waals surface area (Å²) in [5.74, 6) is -2.39. The van der Waals surface area contributed by atoms with E-state index in [1.807, 2.05) is 6.92 Å². The summed E-state index contributed by atoms with van der Waals surface area (Å²) in [6.07, 6.45) is 5.60. The predicted octanol–water partition coefficient (Wildman–Crippen LogP) is 6.73. The molecule has 3 nitrogen and oxygen atoms in total. The topological polar surface area (TPSA) is 27.7 Å². The Kier molecular flexibility index (Phi) is 6.75. The number of hydrogen-bond acceptors (Lipinski definition) is 3. The molecule has 6 heteroatoms. The van der Waals surface area contributed by atoms with Crippen molar-refractivity contribution < 1.29 is 27.4 Å². The van der Waals surface area contributed by atoms with Crippen molar-refractivity contribution in [1.29, 1.82) is 0 Å². The Bertz CT molecular complexity index is 936. The second kappa shape index (κ2) is 9.51. The zero-order valence-electron chi connectivity index (χ0n) is 18.1. The predicted molar refractivity (Wildman–Crippen MR) is 113 cm³/mol. The van der Waals surface area contributed by atoms with Gasteiger partial charge in [-0.15, -0.1) is 0 Å². The lowest BCUT2D eigenvalue weighted by molar-refractivity contribution is -0.0396. The maximum Gasteiger partial charge on any atom is 0.207 e. The van der Waals surface area contributed by atoms with E-state index in [0.29, 0.717) is 42.1 Å². The quantitative estimate of drug-likeness (QED) is 0.413. The molecule has 2 aromatic rings. The minimum atomic E-state index is -1.06. The zero-order valence-corrected chi connectivity index (χ0v) is 18.1. The number of benzene rings is 2. The van der Waals surface area contributed by atoms with Crippen LogP contribution in [-0.4, -0.2) is 19.3 Å². The molecule has 0 aromatic heterocycles. The van der Waals surface area contributed by atoms with E-state index < -0.39 is 17.5 Å². The van der Waals surface area contributed by atoms with Crippen LogP contribution in [0.3, 0.4) is 0 Å². The standard InChI is InChI=1S/C25H29F3O3/c1-3-5-15-7-9-19(29-13-15)14-30-20-10-8-17-12-18-11-16(6-4-2)21(26)23(28)25(18)31-24(17)22(20)27/h8,10-11,15,19H,3-7,9,12-14H2,1-2H3. The molecule has 2 atom stereocenters. The van der Waals surface area contributed by atoms with Gasteiger partial charge in [0.1, 0.15) is 6.61 Å². The smallest absolute Gasteiger partial charge is 0.207 e. The molecule has 2 heterocycles.